The van der Waals surface area contributed by atoms with Crippen molar-refractivity contribution in [1.29, 1.82) is 0 Å². The van der Waals surface area contributed by atoms with E-state index in [4.69, 9.17) is 0 Å². The van der Waals surface area contributed by atoms with Gasteiger partial charge in [0.15, 0.2) is 0 Å². The molecule has 1 aliphatic heterocycles. The van der Waals surface area contributed by atoms with Gasteiger partial charge in [0, 0.05) is 25.0 Å². The van der Waals surface area contributed by atoms with Gasteiger partial charge in [-0.05, 0) is 37.2 Å². The summed E-state index contributed by atoms with van der Waals surface area (Å²) in [4.78, 5) is 25.9. The Morgan fingerprint density at radius 3 is 2.68 bits per heavy atom. The molecule has 0 radical (unpaired) electrons. The summed E-state index contributed by atoms with van der Waals surface area (Å²) in [7, 11) is 1.33. The van der Waals surface area contributed by atoms with Crippen molar-refractivity contribution < 1.29 is 14.3 Å². The lowest BCUT2D eigenvalue weighted by Gasteiger charge is -2.49. The van der Waals surface area contributed by atoms with E-state index in [2.05, 4.69) is 40.4 Å². The van der Waals surface area contributed by atoms with Crippen molar-refractivity contribution in [1.82, 2.24) is 10.2 Å². The third-order valence-electron chi connectivity index (χ3n) is 5.86. The third-order valence-corrected chi connectivity index (χ3v) is 5.86. The van der Waals surface area contributed by atoms with E-state index in [1.54, 1.807) is 0 Å². The SMILES string of the molecule is CCC(CNC(=O)OC)C(=O)N1CC2(CCC(c3ccccc3)C2)C1. The summed E-state index contributed by atoms with van der Waals surface area (Å²) in [6, 6.07) is 10.7. The molecular weight excluding hydrogens is 316 g/mol. The average molecular weight is 344 g/mol. The smallest absolute Gasteiger partial charge is 0.406 e. The van der Waals surface area contributed by atoms with Crippen LogP contribution in [0.3, 0.4) is 0 Å². The average Bonchev–Trinajstić information content (AvgIpc) is 3.07. The van der Waals surface area contributed by atoms with Crippen molar-refractivity contribution in [3.63, 3.8) is 0 Å². The van der Waals surface area contributed by atoms with Gasteiger partial charge in [0.25, 0.3) is 0 Å². The van der Waals surface area contributed by atoms with Gasteiger partial charge in [-0.2, -0.15) is 0 Å². The molecule has 3 rings (SSSR count). The van der Waals surface area contributed by atoms with E-state index in [1.165, 1.54) is 31.9 Å². The fourth-order valence-corrected chi connectivity index (χ4v) is 4.37. The first-order chi connectivity index (χ1) is 12.1. The molecule has 1 heterocycles. The topological polar surface area (TPSA) is 58.6 Å². The largest absolute Gasteiger partial charge is 0.453 e. The number of carbonyl (C=O) groups excluding carboxylic acids is 2. The summed E-state index contributed by atoms with van der Waals surface area (Å²) in [5, 5.41) is 2.65. The van der Waals surface area contributed by atoms with Crippen LogP contribution in [0.25, 0.3) is 0 Å². The van der Waals surface area contributed by atoms with Crippen LogP contribution >= 0.6 is 0 Å². The van der Waals surface area contributed by atoms with Gasteiger partial charge in [0.2, 0.25) is 5.91 Å². The summed E-state index contributed by atoms with van der Waals surface area (Å²) >= 11 is 0. The van der Waals surface area contributed by atoms with Gasteiger partial charge in [-0.1, -0.05) is 37.3 Å². The maximum absolute atomic E-state index is 12.7. The number of nitrogens with one attached hydrogen (secondary N) is 1. The van der Waals surface area contributed by atoms with Crippen molar-refractivity contribution in [2.45, 2.75) is 38.5 Å². The molecule has 1 N–H and O–H groups in total. The number of likely N-dealkylation sites (tertiary alicyclic amines) is 1. The highest BCUT2D eigenvalue weighted by atomic mass is 16.5. The number of hydrogen-bond acceptors (Lipinski definition) is 3. The van der Waals surface area contributed by atoms with Gasteiger partial charge in [-0.3, -0.25) is 4.79 Å². The number of alkyl carbamates (subject to hydrolysis) is 1. The highest BCUT2D eigenvalue weighted by molar-refractivity contribution is 5.80. The number of ether oxygens (including phenoxy) is 1. The monoisotopic (exact) mass is 344 g/mol. The van der Waals surface area contributed by atoms with E-state index >= 15 is 0 Å². The highest BCUT2D eigenvalue weighted by Crippen LogP contribution is 2.51. The lowest BCUT2D eigenvalue weighted by molar-refractivity contribution is -0.147. The first kappa shape index (κ1) is 17.8. The minimum atomic E-state index is -0.479. The first-order valence-electron chi connectivity index (χ1n) is 9.22. The molecule has 2 amide bonds. The summed E-state index contributed by atoms with van der Waals surface area (Å²) in [6.07, 6.45) is 3.84. The van der Waals surface area contributed by atoms with Crippen LogP contribution in [0, 0.1) is 11.3 Å². The molecule has 2 atom stereocenters. The van der Waals surface area contributed by atoms with Gasteiger partial charge in [0.1, 0.15) is 0 Å². The number of hydrogen-bond donors (Lipinski definition) is 1. The zero-order valence-electron chi connectivity index (χ0n) is 15.2. The Bertz CT molecular complexity index is 611. The summed E-state index contributed by atoms with van der Waals surface area (Å²) in [5.74, 6) is 0.622. The number of amides is 2. The maximum atomic E-state index is 12.7. The van der Waals surface area contributed by atoms with Crippen LogP contribution in [-0.2, 0) is 9.53 Å². The first-order valence-corrected chi connectivity index (χ1v) is 9.22. The quantitative estimate of drug-likeness (QED) is 0.892. The van der Waals surface area contributed by atoms with E-state index < -0.39 is 6.09 Å². The van der Waals surface area contributed by atoms with Crippen LogP contribution in [-0.4, -0.2) is 43.6 Å². The number of methoxy groups -OCH3 is 1. The van der Waals surface area contributed by atoms with Crippen LogP contribution < -0.4 is 5.32 Å². The standard InChI is InChI=1S/C20H28N2O3/c1-3-15(12-21-19(24)25-2)18(23)22-13-20(14-22)10-9-17(11-20)16-7-5-4-6-8-16/h4-8,15,17H,3,9-14H2,1-2H3,(H,21,24). The fourth-order valence-electron chi connectivity index (χ4n) is 4.37. The lowest BCUT2D eigenvalue weighted by atomic mass is 9.76. The predicted molar refractivity (Wildman–Crippen MR) is 96.2 cm³/mol. The van der Waals surface area contributed by atoms with E-state index in [0.29, 0.717) is 17.9 Å². The molecule has 5 nitrogen and oxygen atoms in total. The van der Waals surface area contributed by atoms with Crippen molar-refractivity contribution in [2.75, 3.05) is 26.7 Å². The van der Waals surface area contributed by atoms with Gasteiger partial charge in [-0.15, -0.1) is 0 Å². The van der Waals surface area contributed by atoms with Crippen LogP contribution in [0.15, 0.2) is 30.3 Å². The lowest BCUT2D eigenvalue weighted by Crippen LogP contribution is -2.59. The van der Waals surface area contributed by atoms with Gasteiger partial charge in [0.05, 0.1) is 13.0 Å². The van der Waals surface area contributed by atoms with E-state index in [0.717, 1.165) is 19.5 Å². The molecule has 2 unspecified atom stereocenters. The molecule has 1 aromatic rings. The predicted octanol–water partition coefficient (Wildman–Crippen LogP) is 3.16. The maximum Gasteiger partial charge on any atom is 0.406 e. The summed E-state index contributed by atoms with van der Waals surface area (Å²) in [6.45, 7) is 4.06. The summed E-state index contributed by atoms with van der Waals surface area (Å²) in [5.41, 5.74) is 1.74. The number of rotatable bonds is 5. The number of nitrogens with zero attached hydrogens (tertiary/aromatic N) is 1. The number of carbonyl (C=O) groups is 2. The molecule has 1 spiro atoms. The second-order valence-electron chi connectivity index (χ2n) is 7.52. The second-order valence-corrected chi connectivity index (χ2v) is 7.52. The van der Waals surface area contributed by atoms with Crippen molar-refractivity contribution in [3.8, 4) is 0 Å². The molecule has 25 heavy (non-hydrogen) atoms. The fraction of sp³-hybridized carbons (Fsp3) is 0.600. The Kier molecular flexibility index (Phi) is 5.30. The molecule has 2 aliphatic rings. The second kappa shape index (κ2) is 7.46. The molecule has 0 aromatic heterocycles. The van der Waals surface area contributed by atoms with Gasteiger partial charge in [-0.25, -0.2) is 4.79 Å². The molecule has 1 aliphatic carbocycles. The molecular formula is C20H28N2O3. The van der Waals surface area contributed by atoms with Crippen LogP contribution in [0.5, 0.6) is 0 Å². The summed E-state index contributed by atoms with van der Waals surface area (Å²) < 4.78 is 4.58. The molecule has 2 fully saturated rings. The van der Waals surface area contributed by atoms with E-state index in [9.17, 15) is 9.59 Å². The Morgan fingerprint density at radius 1 is 1.32 bits per heavy atom. The molecule has 5 heteroatoms. The molecule has 136 valence electrons. The van der Waals surface area contributed by atoms with Crippen LogP contribution in [0.2, 0.25) is 0 Å². The zero-order valence-corrected chi connectivity index (χ0v) is 15.2. The van der Waals surface area contributed by atoms with Crippen LogP contribution in [0.4, 0.5) is 4.79 Å². The van der Waals surface area contributed by atoms with Crippen LogP contribution in [0.1, 0.15) is 44.1 Å². The van der Waals surface area contributed by atoms with Gasteiger partial charge < -0.3 is 15.0 Å². The van der Waals surface area contributed by atoms with Crippen molar-refractivity contribution >= 4 is 12.0 Å². The minimum Gasteiger partial charge on any atom is -0.453 e. The number of benzene rings is 1. The minimum absolute atomic E-state index is 0.160. The Hall–Kier alpha value is -2.04. The van der Waals surface area contributed by atoms with E-state index in [1.807, 2.05) is 11.8 Å². The van der Waals surface area contributed by atoms with Crippen molar-refractivity contribution in [2.24, 2.45) is 11.3 Å². The molecule has 1 saturated carbocycles. The normalized spacial score (nSPS) is 22.3. The Balaban J connectivity index is 1.51. The van der Waals surface area contributed by atoms with Crippen molar-refractivity contribution in [3.05, 3.63) is 35.9 Å². The van der Waals surface area contributed by atoms with E-state index in [-0.39, 0.29) is 11.8 Å². The zero-order chi connectivity index (χ0) is 17.9. The molecule has 1 aromatic carbocycles. The molecule has 0 bridgehead atoms. The Morgan fingerprint density at radius 2 is 2.04 bits per heavy atom. The Labute approximate surface area is 149 Å². The molecule has 1 saturated heterocycles. The third kappa shape index (κ3) is 3.80. The van der Waals surface area contributed by atoms with Gasteiger partial charge >= 0.3 is 6.09 Å². The highest BCUT2D eigenvalue weighted by Gasteiger charge is 2.50.